The predicted molar refractivity (Wildman–Crippen MR) is 90.3 cm³/mol. The first kappa shape index (κ1) is 19.3. The largest absolute Gasteiger partial charge is 0.492 e. The summed E-state index contributed by atoms with van der Waals surface area (Å²) in [5.41, 5.74) is 0.640. The predicted octanol–water partition coefficient (Wildman–Crippen LogP) is 2.24. The number of ether oxygens (including phenoxy) is 1. The number of carbonyl (C=O) groups is 2. The molecule has 1 atom stereocenters. The van der Waals surface area contributed by atoms with Crippen LogP contribution in [0, 0.1) is 5.92 Å². The molecule has 0 spiro atoms. The Morgan fingerprint density at radius 1 is 1.39 bits per heavy atom. The van der Waals surface area contributed by atoms with Crippen molar-refractivity contribution < 1.29 is 19.4 Å². The zero-order valence-electron chi connectivity index (χ0n) is 13.2. The van der Waals surface area contributed by atoms with E-state index in [0.717, 1.165) is 13.0 Å². The van der Waals surface area contributed by atoms with Crippen LogP contribution < -0.4 is 10.1 Å². The molecule has 2 N–H and O–H groups in total. The summed E-state index contributed by atoms with van der Waals surface area (Å²) < 4.78 is 5.47. The Morgan fingerprint density at radius 3 is 2.83 bits per heavy atom. The Balaban J connectivity index is 0.00000264. The maximum absolute atomic E-state index is 12.2. The molecule has 2 rings (SSSR count). The van der Waals surface area contributed by atoms with Gasteiger partial charge in [0, 0.05) is 6.54 Å². The molecular formula is C16H23ClN2O4. The number of halogens is 1. The number of carbonyl (C=O) groups excluding carboxylic acids is 1. The lowest BCUT2D eigenvalue weighted by Crippen LogP contribution is -2.42. The minimum Gasteiger partial charge on any atom is -0.492 e. The van der Waals surface area contributed by atoms with Crippen LogP contribution in [0.25, 0.3) is 0 Å². The molecule has 0 radical (unpaired) electrons. The van der Waals surface area contributed by atoms with Gasteiger partial charge in [-0.25, -0.2) is 0 Å². The first-order valence-corrected chi connectivity index (χ1v) is 7.57. The minimum atomic E-state index is -0.785. The van der Waals surface area contributed by atoms with E-state index in [0.29, 0.717) is 31.0 Å². The van der Waals surface area contributed by atoms with Crippen LogP contribution in [0.5, 0.6) is 5.75 Å². The van der Waals surface area contributed by atoms with Crippen LogP contribution in [-0.4, -0.2) is 48.1 Å². The summed E-state index contributed by atoms with van der Waals surface area (Å²) >= 11 is 0. The van der Waals surface area contributed by atoms with E-state index in [2.05, 4.69) is 5.32 Å². The molecule has 23 heavy (non-hydrogen) atoms. The molecule has 0 aromatic heterocycles. The zero-order valence-corrected chi connectivity index (χ0v) is 14.0. The number of piperidine rings is 1. The number of anilines is 1. The van der Waals surface area contributed by atoms with E-state index >= 15 is 0 Å². The highest BCUT2D eigenvalue weighted by molar-refractivity contribution is 5.93. The Kier molecular flexibility index (Phi) is 7.85. The van der Waals surface area contributed by atoms with Gasteiger partial charge in [0.1, 0.15) is 5.75 Å². The van der Waals surface area contributed by atoms with E-state index in [1.165, 1.54) is 0 Å². The second-order valence-corrected chi connectivity index (χ2v) is 5.39. The van der Waals surface area contributed by atoms with Gasteiger partial charge in [0.2, 0.25) is 5.91 Å². The number of amides is 1. The van der Waals surface area contributed by atoms with E-state index in [-0.39, 0.29) is 30.8 Å². The van der Waals surface area contributed by atoms with Crippen molar-refractivity contribution in [2.24, 2.45) is 5.92 Å². The van der Waals surface area contributed by atoms with Crippen LogP contribution in [0.15, 0.2) is 24.3 Å². The van der Waals surface area contributed by atoms with E-state index in [9.17, 15) is 9.59 Å². The lowest BCUT2D eigenvalue weighted by Gasteiger charge is -2.29. The number of carboxylic acids is 1. The number of carboxylic acid groups (broad SMARTS) is 1. The van der Waals surface area contributed by atoms with Crippen molar-refractivity contribution in [3.05, 3.63) is 24.3 Å². The SMILES string of the molecule is CCOc1ccccc1NC(=O)CN1CCCC(C(=O)O)C1.Cl. The van der Waals surface area contributed by atoms with Crippen molar-refractivity contribution in [2.75, 3.05) is 31.6 Å². The number of nitrogens with zero attached hydrogens (tertiary/aromatic N) is 1. The van der Waals surface area contributed by atoms with Gasteiger partial charge in [-0.3, -0.25) is 14.5 Å². The average molecular weight is 343 g/mol. The van der Waals surface area contributed by atoms with Gasteiger partial charge < -0.3 is 15.2 Å². The summed E-state index contributed by atoms with van der Waals surface area (Å²) in [5, 5.41) is 11.9. The number of hydrogen-bond donors (Lipinski definition) is 2. The Morgan fingerprint density at radius 2 is 2.13 bits per heavy atom. The first-order chi connectivity index (χ1) is 10.6. The molecule has 6 nitrogen and oxygen atoms in total. The number of benzene rings is 1. The molecule has 1 fully saturated rings. The Labute approximate surface area is 142 Å². The topological polar surface area (TPSA) is 78.9 Å². The second-order valence-electron chi connectivity index (χ2n) is 5.39. The standard InChI is InChI=1S/C16H22N2O4.ClH/c1-2-22-14-8-4-3-7-13(14)17-15(19)11-18-9-5-6-12(10-18)16(20)21;/h3-4,7-8,12H,2,5-6,9-11H2,1H3,(H,17,19)(H,20,21);1H. The van der Waals surface area contributed by atoms with Crippen LogP contribution in [0.3, 0.4) is 0 Å². The van der Waals surface area contributed by atoms with Crippen LogP contribution >= 0.6 is 12.4 Å². The lowest BCUT2D eigenvalue weighted by molar-refractivity contribution is -0.144. The molecule has 0 saturated carbocycles. The van der Waals surface area contributed by atoms with Crippen LogP contribution in [0.1, 0.15) is 19.8 Å². The molecule has 1 aliphatic heterocycles. The normalized spacial score (nSPS) is 17.9. The summed E-state index contributed by atoms with van der Waals surface area (Å²) in [6, 6.07) is 7.28. The molecule has 1 aliphatic rings. The monoisotopic (exact) mass is 342 g/mol. The van der Waals surface area contributed by atoms with Crippen molar-refractivity contribution in [1.29, 1.82) is 0 Å². The van der Waals surface area contributed by atoms with E-state index < -0.39 is 5.97 Å². The number of likely N-dealkylation sites (tertiary alicyclic amines) is 1. The van der Waals surface area contributed by atoms with E-state index in [4.69, 9.17) is 9.84 Å². The van der Waals surface area contributed by atoms with Crippen LogP contribution in [-0.2, 0) is 9.59 Å². The van der Waals surface area contributed by atoms with Crippen molar-refractivity contribution in [1.82, 2.24) is 4.90 Å². The molecule has 128 valence electrons. The van der Waals surface area contributed by atoms with Crippen molar-refractivity contribution in [2.45, 2.75) is 19.8 Å². The quantitative estimate of drug-likeness (QED) is 0.829. The van der Waals surface area contributed by atoms with Gasteiger partial charge in [-0.2, -0.15) is 0 Å². The number of para-hydroxylation sites is 2. The second kappa shape index (κ2) is 9.37. The van der Waals surface area contributed by atoms with Gasteiger partial charge in [-0.05, 0) is 38.4 Å². The molecule has 1 aromatic carbocycles. The van der Waals surface area contributed by atoms with Gasteiger partial charge >= 0.3 is 5.97 Å². The number of nitrogens with one attached hydrogen (secondary N) is 1. The van der Waals surface area contributed by atoms with E-state index in [1.807, 2.05) is 24.0 Å². The highest BCUT2D eigenvalue weighted by atomic mass is 35.5. The molecule has 0 aliphatic carbocycles. The lowest BCUT2D eigenvalue weighted by atomic mass is 9.98. The molecule has 1 unspecified atom stereocenters. The fourth-order valence-electron chi connectivity index (χ4n) is 2.64. The first-order valence-electron chi connectivity index (χ1n) is 7.57. The average Bonchev–Trinajstić information content (AvgIpc) is 2.49. The summed E-state index contributed by atoms with van der Waals surface area (Å²) in [6.07, 6.45) is 1.49. The third-order valence-corrected chi connectivity index (χ3v) is 3.68. The minimum absolute atomic E-state index is 0. The maximum atomic E-state index is 12.2. The molecule has 1 amide bonds. The highest BCUT2D eigenvalue weighted by Gasteiger charge is 2.26. The molecule has 1 heterocycles. The third-order valence-electron chi connectivity index (χ3n) is 3.68. The Bertz CT molecular complexity index is 539. The van der Waals surface area contributed by atoms with Crippen LogP contribution in [0.4, 0.5) is 5.69 Å². The highest BCUT2D eigenvalue weighted by Crippen LogP contribution is 2.24. The smallest absolute Gasteiger partial charge is 0.307 e. The van der Waals surface area contributed by atoms with Gasteiger partial charge in [0.05, 0.1) is 24.8 Å². The molecule has 0 bridgehead atoms. The number of rotatable bonds is 6. The van der Waals surface area contributed by atoms with Crippen molar-refractivity contribution in [3.63, 3.8) is 0 Å². The third kappa shape index (κ3) is 5.73. The molecular weight excluding hydrogens is 320 g/mol. The Hall–Kier alpha value is -1.79. The van der Waals surface area contributed by atoms with E-state index in [1.54, 1.807) is 12.1 Å². The fourth-order valence-corrected chi connectivity index (χ4v) is 2.64. The van der Waals surface area contributed by atoms with Crippen molar-refractivity contribution in [3.8, 4) is 5.75 Å². The summed E-state index contributed by atoms with van der Waals surface area (Å²) in [5.74, 6) is -0.678. The van der Waals surface area contributed by atoms with Gasteiger partial charge in [-0.15, -0.1) is 12.4 Å². The molecule has 1 saturated heterocycles. The molecule has 1 aromatic rings. The maximum Gasteiger partial charge on any atom is 0.307 e. The van der Waals surface area contributed by atoms with Gasteiger partial charge in [0.15, 0.2) is 0 Å². The molecule has 7 heteroatoms. The number of aliphatic carboxylic acids is 1. The van der Waals surface area contributed by atoms with Crippen LogP contribution in [0.2, 0.25) is 0 Å². The summed E-state index contributed by atoms with van der Waals surface area (Å²) in [7, 11) is 0. The summed E-state index contributed by atoms with van der Waals surface area (Å²) in [6.45, 7) is 3.79. The zero-order chi connectivity index (χ0) is 15.9. The fraction of sp³-hybridized carbons (Fsp3) is 0.500. The van der Waals surface area contributed by atoms with Gasteiger partial charge in [-0.1, -0.05) is 12.1 Å². The number of hydrogen-bond acceptors (Lipinski definition) is 4. The summed E-state index contributed by atoms with van der Waals surface area (Å²) in [4.78, 5) is 25.1. The van der Waals surface area contributed by atoms with Crippen molar-refractivity contribution >= 4 is 30.0 Å². The van der Waals surface area contributed by atoms with Gasteiger partial charge in [0.25, 0.3) is 0 Å².